The van der Waals surface area contributed by atoms with Gasteiger partial charge in [0.25, 0.3) is 0 Å². The average molecular weight is 210 g/mol. The highest BCUT2D eigenvalue weighted by Crippen LogP contribution is 2.32. The minimum Gasteiger partial charge on any atom is -0.391 e. The largest absolute Gasteiger partial charge is 0.391 e. The van der Waals surface area contributed by atoms with Crippen molar-refractivity contribution in [1.29, 1.82) is 0 Å². The van der Waals surface area contributed by atoms with Gasteiger partial charge < -0.3 is 10.0 Å². The van der Waals surface area contributed by atoms with Gasteiger partial charge in [0.15, 0.2) is 11.6 Å². The Balaban J connectivity index is 2.25. The fraction of sp³-hybridized carbons (Fsp3) is 0.545. The molecule has 1 unspecified atom stereocenters. The normalized spacial score (nSPS) is 24.5. The predicted molar refractivity (Wildman–Crippen MR) is 56.2 cm³/mol. The third kappa shape index (κ3) is 1.81. The smallest absolute Gasteiger partial charge is 0.165 e. The van der Waals surface area contributed by atoms with Gasteiger partial charge >= 0.3 is 0 Å². The molecule has 1 saturated heterocycles. The molecule has 1 aromatic rings. The van der Waals surface area contributed by atoms with Crippen molar-refractivity contribution in [1.82, 2.24) is 4.98 Å². The Bertz CT molecular complexity index is 367. The van der Waals surface area contributed by atoms with Gasteiger partial charge in [-0.3, -0.25) is 0 Å². The molecule has 0 saturated carbocycles. The number of aromatic nitrogens is 1. The van der Waals surface area contributed by atoms with Gasteiger partial charge in [0.1, 0.15) is 0 Å². The van der Waals surface area contributed by atoms with Gasteiger partial charge in [-0.2, -0.15) is 0 Å². The number of hydrogen-bond donors (Lipinski definition) is 1. The van der Waals surface area contributed by atoms with Crippen LogP contribution in [-0.4, -0.2) is 29.3 Å². The fourth-order valence-corrected chi connectivity index (χ4v) is 1.89. The van der Waals surface area contributed by atoms with Crippen LogP contribution in [0.3, 0.4) is 0 Å². The average Bonchev–Trinajstić information content (AvgIpc) is 2.42. The van der Waals surface area contributed by atoms with Crippen molar-refractivity contribution in [2.24, 2.45) is 5.41 Å². The highest BCUT2D eigenvalue weighted by atomic mass is 19.1. The summed E-state index contributed by atoms with van der Waals surface area (Å²) in [5, 5.41) is 9.79. The minimum absolute atomic E-state index is 0.204. The first kappa shape index (κ1) is 10.4. The van der Waals surface area contributed by atoms with Crippen molar-refractivity contribution in [2.45, 2.75) is 20.0 Å². The summed E-state index contributed by atoms with van der Waals surface area (Å²) >= 11 is 0. The first-order chi connectivity index (χ1) is 7.00. The van der Waals surface area contributed by atoms with E-state index in [0.29, 0.717) is 18.9 Å². The number of β-amino-alcohol motifs (C(OH)–C–C–N with tert-alkyl or cyclic N) is 1. The molecule has 4 heteroatoms. The molecule has 2 rings (SSSR count). The van der Waals surface area contributed by atoms with Crippen LogP contribution < -0.4 is 4.90 Å². The molecule has 1 atom stereocenters. The molecule has 0 amide bonds. The van der Waals surface area contributed by atoms with Crippen LogP contribution in [0.2, 0.25) is 0 Å². The predicted octanol–water partition coefficient (Wildman–Crippen LogP) is 1.43. The Morgan fingerprint density at radius 3 is 2.87 bits per heavy atom. The van der Waals surface area contributed by atoms with Crippen LogP contribution in [0.4, 0.5) is 10.2 Å². The molecule has 1 N–H and O–H groups in total. The standard InChI is InChI=1S/C11H15FN2O/c1-11(2)7-14(6-9(11)15)10-8(12)4-3-5-13-10/h3-5,9,15H,6-7H2,1-2H3. The summed E-state index contributed by atoms with van der Waals surface area (Å²) in [5.41, 5.74) is -0.204. The third-order valence-electron chi connectivity index (χ3n) is 2.93. The Morgan fingerprint density at radius 1 is 1.60 bits per heavy atom. The van der Waals surface area contributed by atoms with E-state index in [9.17, 15) is 9.50 Å². The highest BCUT2D eigenvalue weighted by Gasteiger charge is 2.39. The highest BCUT2D eigenvalue weighted by molar-refractivity contribution is 5.42. The number of nitrogens with zero attached hydrogens (tertiary/aromatic N) is 2. The van der Waals surface area contributed by atoms with Gasteiger partial charge in [0, 0.05) is 24.7 Å². The van der Waals surface area contributed by atoms with Crippen LogP contribution in [0.5, 0.6) is 0 Å². The lowest BCUT2D eigenvalue weighted by atomic mass is 9.90. The van der Waals surface area contributed by atoms with E-state index in [1.807, 2.05) is 13.8 Å². The summed E-state index contributed by atoms with van der Waals surface area (Å²) in [7, 11) is 0. The Hall–Kier alpha value is -1.16. The summed E-state index contributed by atoms with van der Waals surface area (Å²) in [4.78, 5) is 5.79. The van der Waals surface area contributed by atoms with Crippen LogP contribution >= 0.6 is 0 Å². The maximum Gasteiger partial charge on any atom is 0.165 e. The molecule has 0 aliphatic carbocycles. The number of hydrogen-bond acceptors (Lipinski definition) is 3. The summed E-state index contributed by atoms with van der Waals surface area (Å²) in [5.74, 6) is 0.00419. The first-order valence-corrected chi connectivity index (χ1v) is 5.04. The first-order valence-electron chi connectivity index (χ1n) is 5.04. The monoisotopic (exact) mass is 210 g/mol. The lowest BCUT2D eigenvalue weighted by molar-refractivity contribution is 0.0964. The molecule has 3 nitrogen and oxygen atoms in total. The molecule has 1 fully saturated rings. The zero-order valence-corrected chi connectivity index (χ0v) is 8.94. The molecule has 82 valence electrons. The number of aliphatic hydroxyl groups is 1. The second-order valence-corrected chi connectivity index (χ2v) is 4.69. The van der Waals surface area contributed by atoms with E-state index in [1.165, 1.54) is 6.07 Å². The Morgan fingerprint density at radius 2 is 2.33 bits per heavy atom. The maximum atomic E-state index is 13.4. The summed E-state index contributed by atoms with van der Waals surface area (Å²) in [6, 6.07) is 2.95. The van der Waals surface area contributed by atoms with E-state index < -0.39 is 6.10 Å². The number of rotatable bonds is 1. The molecule has 1 aliphatic heterocycles. The lowest BCUT2D eigenvalue weighted by Gasteiger charge is -2.21. The molecule has 0 aromatic carbocycles. The van der Waals surface area contributed by atoms with Crippen LogP contribution in [0.25, 0.3) is 0 Å². The molecular weight excluding hydrogens is 195 g/mol. The molecule has 0 radical (unpaired) electrons. The van der Waals surface area contributed by atoms with Crippen molar-refractivity contribution in [3.63, 3.8) is 0 Å². The van der Waals surface area contributed by atoms with E-state index in [2.05, 4.69) is 4.98 Å². The van der Waals surface area contributed by atoms with Crippen molar-refractivity contribution >= 4 is 5.82 Å². The SMILES string of the molecule is CC1(C)CN(c2ncccc2F)CC1O. The van der Waals surface area contributed by atoms with Crippen LogP contribution in [0.1, 0.15) is 13.8 Å². The van der Waals surface area contributed by atoms with Crippen LogP contribution in [-0.2, 0) is 0 Å². The van der Waals surface area contributed by atoms with Crippen molar-refractivity contribution in [3.05, 3.63) is 24.1 Å². The Kier molecular flexibility index (Phi) is 2.38. The molecular formula is C11H15FN2O. The van der Waals surface area contributed by atoms with Crippen LogP contribution in [0, 0.1) is 11.2 Å². The molecule has 1 aliphatic rings. The van der Waals surface area contributed by atoms with Gasteiger partial charge in [-0.05, 0) is 12.1 Å². The van der Waals surface area contributed by atoms with Crippen LogP contribution in [0.15, 0.2) is 18.3 Å². The number of aliphatic hydroxyl groups excluding tert-OH is 1. The molecule has 15 heavy (non-hydrogen) atoms. The molecule has 0 bridgehead atoms. The Labute approximate surface area is 88.6 Å². The zero-order valence-electron chi connectivity index (χ0n) is 8.94. The van der Waals surface area contributed by atoms with E-state index in [1.54, 1.807) is 17.2 Å². The zero-order chi connectivity index (χ0) is 11.1. The van der Waals surface area contributed by atoms with Gasteiger partial charge in [-0.25, -0.2) is 9.37 Å². The van der Waals surface area contributed by atoms with Gasteiger partial charge in [0.05, 0.1) is 6.10 Å². The van der Waals surface area contributed by atoms with Crippen molar-refractivity contribution in [3.8, 4) is 0 Å². The number of anilines is 1. The quantitative estimate of drug-likeness (QED) is 0.761. The molecule has 0 spiro atoms. The molecule has 2 heterocycles. The number of pyridine rings is 1. The van der Waals surface area contributed by atoms with Gasteiger partial charge in [-0.1, -0.05) is 13.8 Å². The van der Waals surface area contributed by atoms with Gasteiger partial charge in [-0.15, -0.1) is 0 Å². The maximum absolute atomic E-state index is 13.4. The lowest BCUT2D eigenvalue weighted by Crippen LogP contribution is -2.26. The fourth-order valence-electron chi connectivity index (χ4n) is 1.89. The van der Waals surface area contributed by atoms with Crippen molar-refractivity contribution in [2.75, 3.05) is 18.0 Å². The minimum atomic E-state index is -0.432. The number of halogens is 1. The van der Waals surface area contributed by atoms with E-state index in [-0.39, 0.29) is 11.2 Å². The topological polar surface area (TPSA) is 36.4 Å². The summed E-state index contributed by atoms with van der Waals surface area (Å²) in [6.45, 7) is 5.01. The summed E-state index contributed by atoms with van der Waals surface area (Å²) in [6.07, 6.45) is 1.13. The van der Waals surface area contributed by atoms with Gasteiger partial charge in [0.2, 0.25) is 0 Å². The second-order valence-electron chi connectivity index (χ2n) is 4.69. The molecule has 1 aromatic heterocycles. The second kappa shape index (κ2) is 3.45. The van der Waals surface area contributed by atoms with Crippen molar-refractivity contribution < 1.29 is 9.50 Å². The van der Waals surface area contributed by atoms with E-state index in [0.717, 1.165) is 0 Å². The van der Waals surface area contributed by atoms with E-state index >= 15 is 0 Å². The summed E-state index contributed by atoms with van der Waals surface area (Å²) < 4.78 is 13.4. The van der Waals surface area contributed by atoms with E-state index in [4.69, 9.17) is 0 Å². The third-order valence-corrected chi connectivity index (χ3v) is 2.93.